The van der Waals surface area contributed by atoms with E-state index >= 15 is 0 Å². The Morgan fingerprint density at radius 3 is 1.60 bits per heavy atom. The number of rotatable bonds is 6. The standard InChI is InChI=1S/C61H39NO/c1-3-17-40(18-4-1)42-21-15-22-43(37-42)62(44-34-36-59-53(38-44)50-27-11-14-32-58(50)63-59)45-33-35-52-57(39-45)61(54-29-12-9-25-48(54)49-26-10-13-30-55(49)61)56-31-16-28-51(60(52)56)47-24-8-7-23-46(47)41-19-5-2-6-20-41/h1-39H. The number of hydrogen-bond acceptors (Lipinski definition) is 2. The minimum atomic E-state index is -0.548. The highest BCUT2D eigenvalue weighted by Crippen LogP contribution is 2.65. The van der Waals surface area contributed by atoms with Gasteiger partial charge >= 0.3 is 0 Å². The molecule has 1 spiro atoms. The van der Waals surface area contributed by atoms with Crippen molar-refractivity contribution in [3.63, 3.8) is 0 Å². The maximum absolute atomic E-state index is 6.37. The van der Waals surface area contributed by atoms with Gasteiger partial charge in [0.15, 0.2) is 0 Å². The van der Waals surface area contributed by atoms with Crippen molar-refractivity contribution in [3.05, 3.63) is 259 Å². The number of para-hydroxylation sites is 1. The van der Waals surface area contributed by atoms with E-state index < -0.39 is 5.41 Å². The van der Waals surface area contributed by atoms with Gasteiger partial charge in [-0.3, -0.25) is 0 Å². The first-order valence-corrected chi connectivity index (χ1v) is 21.8. The van der Waals surface area contributed by atoms with Crippen LogP contribution in [0.2, 0.25) is 0 Å². The van der Waals surface area contributed by atoms with Crippen LogP contribution in [0.1, 0.15) is 22.3 Å². The molecule has 0 bridgehead atoms. The summed E-state index contributed by atoms with van der Waals surface area (Å²) in [6, 6.07) is 86.7. The maximum atomic E-state index is 6.37. The van der Waals surface area contributed by atoms with E-state index in [4.69, 9.17) is 4.42 Å². The highest BCUT2D eigenvalue weighted by molar-refractivity contribution is 6.07. The molecule has 13 rings (SSSR count). The van der Waals surface area contributed by atoms with Crippen molar-refractivity contribution in [1.29, 1.82) is 0 Å². The number of fused-ring (bicyclic) bond motifs is 13. The Bertz CT molecular complexity index is 3540. The second-order valence-electron chi connectivity index (χ2n) is 16.7. The molecule has 2 nitrogen and oxygen atoms in total. The van der Waals surface area contributed by atoms with Crippen LogP contribution in [0.3, 0.4) is 0 Å². The monoisotopic (exact) mass is 801 g/mol. The lowest BCUT2D eigenvalue weighted by molar-refractivity contribution is 0.669. The largest absolute Gasteiger partial charge is 0.456 e. The topological polar surface area (TPSA) is 16.4 Å². The van der Waals surface area contributed by atoms with Gasteiger partial charge in [0.25, 0.3) is 0 Å². The molecule has 0 saturated carbocycles. The summed E-state index contributed by atoms with van der Waals surface area (Å²) >= 11 is 0. The van der Waals surface area contributed by atoms with E-state index in [1.165, 1.54) is 77.9 Å². The smallest absolute Gasteiger partial charge is 0.135 e. The second kappa shape index (κ2) is 13.9. The molecule has 2 aliphatic carbocycles. The van der Waals surface area contributed by atoms with Crippen molar-refractivity contribution in [2.24, 2.45) is 0 Å². The van der Waals surface area contributed by atoms with Crippen LogP contribution in [0.5, 0.6) is 0 Å². The van der Waals surface area contributed by atoms with Crippen LogP contribution in [0.15, 0.2) is 241 Å². The lowest BCUT2D eigenvalue weighted by atomic mass is 9.70. The number of benzene rings is 10. The van der Waals surface area contributed by atoms with Crippen LogP contribution in [0.25, 0.3) is 77.6 Å². The summed E-state index contributed by atoms with van der Waals surface area (Å²) in [5.74, 6) is 0. The molecule has 2 aliphatic rings. The third-order valence-electron chi connectivity index (χ3n) is 13.5. The molecule has 294 valence electrons. The van der Waals surface area contributed by atoms with Crippen LogP contribution in [-0.4, -0.2) is 0 Å². The van der Waals surface area contributed by atoms with Crippen LogP contribution in [-0.2, 0) is 5.41 Å². The number of nitrogens with zero attached hydrogens (tertiary/aromatic N) is 1. The average molecular weight is 802 g/mol. The molecule has 0 amide bonds. The summed E-state index contributed by atoms with van der Waals surface area (Å²) < 4.78 is 6.37. The molecular formula is C61H39NO. The molecule has 0 radical (unpaired) electrons. The Balaban J connectivity index is 1.10. The molecular weight excluding hydrogens is 763 g/mol. The zero-order valence-corrected chi connectivity index (χ0v) is 34.4. The summed E-state index contributed by atoms with van der Waals surface area (Å²) in [5, 5.41) is 2.20. The average Bonchev–Trinajstić information content (AvgIpc) is 3.99. The van der Waals surface area contributed by atoms with Crippen molar-refractivity contribution in [2.45, 2.75) is 5.41 Å². The molecule has 63 heavy (non-hydrogen) atoms. The Hall–Kier alpha value is -8.20. The lowest BCUT2D eigenvalue weighted by Crippen LogP contribution is -2.26. The Labute approximate surface area is 366 Å². The Kier molecular flexibility index (Phi) is 7.85. The molecule has 0 unspecified atom stereocenters. The van der Waals surface area contributed by atoms with Gasteiger partial charge in [0.2, 0.25) is 0 Å². The van der Waals surface area contributed by atoms with E-state index in [9.17, 15) is 0 Å². The van der Waals surface area contributed by atoms with Crippen molar-refractivity contribution < 1.29 is 4.42 Å². The van der Waals surface area contributed by atoms with Gasteiger partial charge in [-0.2, -0.15) is 0 Å². The first kappa shape index (κ1) is 35.5. The van der Waals surface area contributed by atoms with Crippen molar-refractivity contribution >= 4 is 39.0 Å². The quantitative estimate of drug-likeness (QED) is 0.167. The molecule has 0 fully saturated rings. The summed E-state index contributed by atoms with van der Waals surface area (Å²) in [6.45, 7) is 0. The molecule has 10 aromatic carbocycles. The summed E-state index contributed by atoms with van der Waals surface area (Å²) in [7, 11) is 0. The molecule has 0 atom stereocenters. The predicted octanol–water partition coefficient (Wildman–Crippen LogP) is 16.4. The van der Waals surface area contributed by atoms with Crippen LogP contribution in [0.4, 0.5) is 17.1 Å². The van der Waals surface area contributed by atoms with E-state index in [0.29, 0.717) is 0 Å². The number of hydrogen-bond donors (Lipinski definition) is 0. The summed E-state index contributed by atoms with van der Waals surface area (Å²) in [4.78, 5) is 2.43. The third-order valence-corrected chi connectivity index (χ3v) is 13.5. The fourth-order valence-electron chi connectivity index (χ4n) is 10.9. The van der Waals surface area contributed by atoms with Crippen LogP contribution in [0, 0.1) is 0 Å². The van der Waals surface area contributed by atoms with Crippen molar-refractivity contribution in [1.82, 2.24) is 0 Å². The summed E-state index contributed by atoms with van der Waals surface area (Å²) in [6.07, 6.45) is 0. The number of furan rings is 1. The van der Waals surface area contributed by atoms with Gasteiger partial charge in [-0.15, -0.1) is 0 Å². The second-order valence-corrected chi connectivity index (χ2v) is 16.7. The highest BCUT2D eigenvalue weighted by atomic mass is 16.3. The molecule has 0 N–H and O–H groups in total. The highest BCUT2D eigenvalue weighted by Gasteiger charge is 2.52. The minimum Gasteiger partial charge on any atom is -0.456 e. The Morgan fingerprint density at radius 2 is 0.825 bits per heavy atom. The lowest BCUT2D eigenvalue weighted by Gasteiger charge is -2.32. The van der Waals surface area contributed by atoms with Crippen LogP contribution < -0.4 is 4.90 Å². The van der Waals surface area contributed by atoms with E-state index in [1.54, 1.807) is 0 Å². The number of anilines is 3. The Morgan fingerprint density at radius 1 is 0.286 bits per heavy atom. The SMILES string of the molecule is c1ccc(-c2cccc(N(c3ccc4c(c3)C3(c5ccccc5-c5ccccc53)c3cccc(-c5ccccc5-c5ccccc5)c3-4)c3ccc4oc5ccccc5c4c3)c2)cc1. The normalized spacial score (nSPS) is 12.9. The first-order valence-electron chi connectivity index (χ1n) is 21.8. The van der Waals surface area contributed by atoms with Gasteiger partial charge in [-0.05, 0) is 126 Å². The van der Waals surface area contributed by atoms with Gasteiger partial charge in [-0.1, -0.05) is 188 Å². The fourth-order valence-corrected chi connectivity index (χ4v) is 10.9. The zero-order chi connectivity index (χ0) is 41.5. The van der Waals surface area contributed by atoms with Gasteiger partial charge in [-0.25, -0.2) is 0 Å². The molecule has 0 saturated heterocycles. The van der Waals surface area contributed by atoms with E-state index in [0.717, 1.165) is 39.0 Å². The van der Waals surface area contributed by atoms with E-state index in [1.807, 2.05) is 6.07 Å². The third kappa shape index (κ3) is 5.25. The van der Waals surface area contributed by atoms with Crippen LogP contribution >= 0.6 is 0 Å². The molecule has 11 aromatic rings. The first-order chi connectivity index (χ1) is 31.3. The van der Waals surface area contributed by atoms with Gasteiger partial charge < -0.3 is 9.32 Å². The van der Waals surface area contributed by atoms with Gasteiger partial charge in [0, 0.05) is 27.8 Å². The van der Waals surface area contributed by atoms with Crippen molar-refractivity contribution in [2.75, 3.05) is 4.90 Å². The fraction of sp³-hybridized carbons (Fsp3) is 0.0164. The van der Waals surface area contributed by atoms with Gasteiger partial charge in [0.1, 0.15) is 11.2 Å². The van der Waals surface area contributed by atoms with E-state index in [2.05, 4.69) is 235 Å². The molecule has 1 aromatic heterocycles. The van der Waals surface area contributed by atoms with E-state index in [-0.39, 0.29) is 0 Å². The maximum Gasteiger partial charge on any atom is 0.135 e. The summed E-state index contributed by atoms with van der Waals surface area (Å²) in [5.41, 5.74) is 22.1. The van der Waals surface area contributed by atoms with Crippen molar-refractivity contribution in [3.8, 4) is 55.6 Å². The molecule has 2 heteroatoms. The predicted molar refractivity (Wildman–Crippen MR) is 261 cm³/mol. The minimum absolute atomic E-state index is 0.548. The molecule has 1 heterocycles. The zero-order valence-electron chi connectivity index (χ0n) is 34.4. The molecule has 0 aliphatic heterocycles. The van der Waals surface area contributed by atoms with Gasteiger partial charge in [0.05, 0.1) is 5.41 Å².